The largest absolute Gasteiger partial charge is 0.361 e. The van der Waals surface area contributed by atoms with Gasteiger partial charge in [-0.05, 0) is 39.3 Å². The van der Waals surface area contributed by atoms with Crippen LogP contribution in [0.5, 0.6) is 0 Å². The van der Waals surface area contributed by atoms with Crippen LogP contribution in [0.4, 0.5) is 0 Å². The molecule has 24 heavy (non-hydrogen) atoms. The lowest BCUT2D eigenvalue weighted by atomic mass is 10.0. The maximum absolute atomic E-state index is 12.7. The average molecular weight is 344 g/mol. The Kier molecular flexibility index (Phi) is 3.49. The Balaban J connectivity index is 1.57. The number of aryl methyl sites for hydroxylation is 3. The molecule has 1 fully saturated rings. The normalized spacial score (nSPS) is 17.1. The first-order valence-corrected chi connectivity index (χ1v) is 8.50. The molecular weight excluding hydrogens is 328 g/mol. The molecule has 1 atom stereocenters. The summed E-state index contributed by atoms with van der Waals surface area (Å²) in [6.45, 7) is 6.20. The SMILES string of the molecule is Cc1ccc(-c2noc([C@@H]3CCN3C(=O)c3c(C)noc3C)n2)s1. The van der Waals surface area contributed by atoms with Gasteiger partial charge in [0.2, 0.25) is 11.7 Å². The summed E-state index contributed by atoms with van der Waals surface area (Å²) < 4.78 is 10.5. The van der Waals surface area contributed by atoms with Crippen LogP contribution >= 0.6 is 11.3 Å². The third kappa shape index (κ3) is 2.34. The highest BCUT2D eigenvalue weighted by Crippen LogP contribution is 2.36. The fraction of sp³-hybridized carbons (Fsp3) is 0.375. The van der Waals surface area contributed by atoms with Gasteiger partial charge in [0.25, 0.3) is 5.91 Å². The molecule has 0 saturated carbocycles. The summed E-state index contributed by atoms with van der Waals surface area (Å²) in [5.41, 5.74) is 1.12. The predicted molar refractivity (Wildman–Crippen MR) is 86.7 cm³/mol. The zero-order chi connectivity index (χ0) is 16.8. The molecule has 1 aliphatic heterocycles. The zero-order valence-electron chi connectivity index (χ0n) is 13.6. The first-order chi connectivity index (χ1) is 11.5. The highest BCUT2D eigenvalue weighted by atomic mass is 32.1. The van der Waals surface area contributed by atoms with Crippen molar-refractivity contribution in [2.45, 2.75) is 33.2 Å². The minimum atomic E-state index is -0.187. The average Bonchev–Trinajstić information content (AvgIpc) is 3.19. The van der Waals surface area contributed by atoms with Gasteiger partial charge in [0, 0.05) is 11.4 Å². The molecule has 4 rings (SSSR count). The molecule has 4 heterocycles. The van der Waals surface area contributed by atoms with Crippen molar-refractivity contribution in [2.24, 2.45) is 0 Å². The van der Waals surface area contributed by atoms with E-state index < -0.39 is 0 Å². The molecular formula is C16H16N4O3S. The van der Waals surface area contributed by atoms with Gasteiger partial charge in [-0.2, -0.15) is 4.98 Å². The summed E-state index contributed by atoms with van der Waals surface area (Å²) in [6.07, 6.45) is 0.806. The maximum atomic E-state index is 12.7. The van der Waals surface area contributed by atoms with E-state index >= 15 is 0 Å². The Bertz CT molecular complexity index is 891. The molecule has 3 aromatic rings. The second kappa shape index (κ2) is 5.55. The van der Waals surface area contributed by atoms with Gasteiger partial charge in [-0.3, -0.25) is 4.79 Å². The van der Waals surface area contributed by atoms with E-state index in [1.54, 1.807) is 30.1 Å². The van der Waals surface area contributed by atoms with Crippen molar-refractivity contribution in [2.75, 3.05) is 6.54 Å². The minimum absolute atomic E-state index is 0.103. The number of carbonyl (C=O) groups excluding carboxylic acids is 1. The summed E-state index contributed by atoms with van der Waals surface area (Å²) in [6, 6.07) is 3.81. The Labute approximate surface area is 142 Å². The van der Waals surface area contributed by atoms with Gasteiger partial charge in [0.05, 0.1) is 10.6 Å². The molecule has 7 nitrogen and oxygen atoms in total. The number of carbonyl (C=O) groups is 1. The van der Waals surface area contributed by atoms with E-state index in [-0.39, 0.29) is 11.9 Å². The fourth-order valence-electron chi connectivity index (χ4n) is 2.84. The smallest absolute Gasteiger partial charge is 0.260 e. The third-order valence-corrected chi connectivity index (χ3v) is 5.21. The van der Waals surface area contributed by atoms with Gasteiger partial charge in [0.15, 0.2) is 0 Å². The molecule has 3 aromatic heterocycles. The van der Waals surface area contributed by atoms with E-state index in [9.17, 15) is 4.79 Å². The molecule has 1 saturated heterocycles. The first kappa shape index (κ1) is 15.1. The van der Waals surface area contributed by atoms with Gasteiger partial charge in [-0.15, -0.1) is 11.3 Å². The van der Waals surface area contributed by atoms with Gasteiger partial charge in [-0.1, -0.05) is 10.3 Å². The minimum Gasteiger partial charge on any atom is -0.361 e. The number of hydrogen-bond acceptors (Lipinski definition) is 7. The van der Waals surface area contributed by atoms with Crippen molar-refractivity contribution in [3.05, 3.63) is 39.9 Å². The molecule has 0 N–H and O–H groups in total. The number of likely N-dealkylation sites (tertiary alicyclic amines) is 1. The van der Waals surface area contributed by atoms with Gasteiger partial charge in [-0.25, -0.2) is 0 Å². The molecule has 0 radical (unpaired) electrons. The van der Waals surface area contributed by atoms with Crippen molar-refractivity contribution in [3.8, 4) is 10.7 Å². The monoisotopic (exact) mass is 344 g/mol. The Morgan fingerprint density at radius 2 is 2.08 bits per heavy atom. The molecule has 0 bridgehead atoms. The first-order valence-electron chi connectivity index (χ1n) is 7.69. The molecule has 8 heteroatoms. The molecule has 1 aliphatic rings. The standard InChI is InChI=1S/C16H16N4O3S/c1-8-4-5-12(24-8)14-17-15(23-19-14)11-6-7-20(11)16(21)13-9(2)18-22-10(13)3/h4-5,11H,6-7H2,1-3H3/t11-/m0/s1. The highest BCUT2D eigenvalue weighted by Gasteiger charge is 2.39. The van der Waals surface area contributed by atoms with Crippen molar-refractivity contribution in [1.29, 1.82) is 0 Å². The number of aromatic nitrogens is 3. The Hall–Kier alpha value is -2.48. The van der Waals surface area contributed by atoms with Crippen molar-refractivity contribution in [3.63, 3.8) is 0 Å². The number of hydrogen-bond donors (Lipinski definition) is 0. The molecule has 0 aromatic carbocycles. The highest BCUT2D eigenvalue weighted by molar-refractivity contribution is 7.15. The quantitative estimate of drug-likeness (QED) is 0.725. The van der Waals surface area contributed by atoms with Gasteiger partial charge < -0.3 is 13.9 Å². The zero-order valence-corrected chi connectivity index (χ0v) is 14.4. The second-order valence-electron chi connectivity index (χ2n) is 5.87. The van der Waals surface area contributed by atoms with E-state index in [0.717, 1.165) is 11.3 Å². The van der Waals surface area contributed by atoms with Crippen LogP contribution in [0, 0.1) is 20.8 Å². The number of rotatable bonds is 3. The second-order valence-corrected chi connectivity index (χ2v) is 7.16. The molecule has 1 amide bonds. The number of nitrogens with zero attached hydrogens (tertiary/aromatic N) is 4. The van der Waals surface area contributed by atoms with E-state index in [1.165, 1.54) is 4.88 Å². The van der Waals surface area contributed by atoms with Crippen LogP contribution in [0.3, 0.4) is 0 Å². The topological polar surface area (TPSA) is 85.3 Å². The molecule has 124 valence electrons. The number of thiophene rings is 1. The lowest BCUT2D eigenvalue weighted by molar-refractivity contribution is 0.0376. The van der Waals surface area contributed by atoms with Crippen LogP contribution in [0.25, 0.3) is 10.7 Å². The maximum Gasteiger partial charge on any atom is 0.260 e. The van der Waals surface area contributed by atoms with Crippen LogP contribution in [-0.2, 0) is 0 Å². The van der Waals surface area contributed by atoms with Gasteiger partial charge in [0.1, 0.15) is 17.4 Å². The fourth-order valence-corrected chi connectivity index (χ4v) is 3.64. The van der Waals surface area contributed by atoms with Crippen LogP contribution in [0.15, 0.2) is 21.2 Å². The Morgan fingerprint density at radius 3 is 2.67 bits per heavy atom. The summed E-state index contributed by atoms with van der Waals surface area (Å²) in [4.78, 5) is 21.1. The lowest BCUT2D eigenvalue weighted by Crippen LogP contribution is -2.45. The van der Waals surface area contributed by atoms with E-state index in [0.29, 0.717) is 35.3 Å². The van der Waals surface area contributed by atoms with Crippen LogP contribution in [-0.4, -0.2) is 32.6 Å². The van der Waals surface area contributed by atoms with Crippen molar-refractivity contribution in [1.82, 2.24) is 20.2 Å². The summed E-state index contributed by atoms with van der Waals surface area (Å²) in [7, 11) is 0. The van der Waals surface area contributed by atoms with Crippen LogP contribution in [0.1, 0.15) is 45.0 Å². The van der Waals surface area contributed by atoms with Crippen molar-refractivity contribution < 1.29 is 13.8 Å². The summed E-state index contributed by atoms with van der Waals surface area (Å²) >= 11 is 1.61. The summed E-state index contributed by atoms with van der Waals surface area (Å²) in [5, 5.41) is 7.90. The molecule has 0 aliphatic carbocycles. The molecule has 0 unspecified atom stereocenters. The third-order valence-electron chi connectivity index (χ3n) is 4.22. The van der Waals surface area contributed by atoms with Crippen LogP contribution in [0.2, 0.25) is 0 Å². The summed E-state index contributed by atoms with van der Waals surface area (Å²) in [5.74, 6) is 1.47. The predicted octanol–water partition coefficient (Wildman–Crippen LogP) is 3.30. The lowest BCUT2D eigenvalue weighted by Gasteiger charge is -2.38. The van der Waals surface area contributed by atoms with E-state index in [1.807, 2.05) is 19.1 Å². The molecule has 0 spiro atoms. The number of amides is 1. The van der Waals surface area contributed by atoms with E-state index in [4.69, 9.17) is 9.05 Å². The van der Waals surface area contributed by atoms with Crippen LogP contribution < -0.4 is 0 Å². The van der Waals surface area contributed by atoms with E-state index in [2.05, 4.69) is 15.3 Å². The van der Waals surface area contributed by atoms with Crippen molar-refractivity contribution >= 4 is 17.2 Å². The Morgan fingerprint density at radius 1 is 1.25 bits per heavy atom. The van der Waals surface area contributed by atoms with Gasteiger partial charge >= 0.3 is 0 Å².